The summed E-state index contributed by atoms with van der Waals surface area (Å²) in [6.45, 7) is 2.02. The molecule has 4 rings (SSSR count). The first kappa shape index (κ1) is 21.4. The summed E-state index contributed by atoms with van der Waals surface area (Å²) in [5.74, 6) is -0.220. The zero-order valence-corrected chi connectivity index (χ0v) is 16.9. The van der Waals surface area contributed by atoms with Crippen molar-refractivity contribution in [2.75, 3.05) is 28.6 Å². The standard InChI is InChI=1S/C22H20F3N5O2/c23-22(24,25)32-19-9-3-15(4-10-19)21(31)28-17-7-5-16(6-8-17)27-20-13-18(14-26-29-20)30-11-1-2-12-30/h3-10,13-14H,1-2,11-12H2,(H,27,29)(H,28,31). The Kier molecular flexibility index (Phi) is 6.11. The van der Waals surface area contributed by atoms with Crippen LogP contribution in [0.15, 0.2) is 60.8 Å². The van der Waals surface area contributed by atoms with E-state index in [0.29, 0.717) is 11.5 Å². The molecule has 10 heteroatoms. The number of nitrogens with zero attached hydrogens (tertiary/aromatic N) is 3. The number of anilines is 4. The number of nitrogens with one attached hydrogen (secondary N) is 2. The average Bonchev–Trinajstić information content (AvgIpc) is 3.30. The Morgan fingerprint density at radius 3 is 2.28 bits per heavy atom. The molecule has 0 unspecified atom stereocenters. The summed E-state index contributed by atoms with van der Waals surface area (Å²) in [7, 11) is 0. The summed E-state index contributed by atoms with van der Waals surface area (Å²) in [6.07, 6.45) is -0.689. The average molecular weight is 443 g/mol. The number of rotatable bonds is 6. The van der Waals surface area contributed by atoms with Gasteiger partial charge < -0.3 is 20.3 Å². The van der Waals surface area contributed by atoms with E-state index in [9.17, 15) is 18.0 Å². The van der Waals surface area contributed by atoms with E-state index < -0.39 is 12.3 Å². The van der Waals surface area contributed by atoms with Crippen molar-refractivity contribution < 1.29 is 22.7 Å². The van der Waals surface area contributed by atoms with Crippen LogP contribution in [0.25, 0.3) is 0 Å². The van der Waals surface area contributed by atoms with Crippen LogP contribution in [0.2, 0.25) is 0 Å². The first-order valence-electron chi connectivity index (χ1n) is 9.98. The molecule has 32 heavy (non-hydrogen) atoms. The van der Waals surface area contributed by atoms with Gasteiger partial charge in [0.1, 0.15) is 5.75 Å². The fourth-order valence-electron chi connectivity index (χ4n) is 3.36. The van der Waals surface area contributed by atoms with Crippen molar-refractivity contribution in [1.29, 1.82) is 0 Å². The van der Waals surface area contributed by atoms with Crippen molar-refractivity contribution in [2.45, 2.75) is 19.2 Å². The predicted molar refractivity (Wildman–Crippen MR) is 114 cm³/mol. The Bertz CT molecular complexity index is 1070. The zero-order valence-electron chi connectivity index (χ0n) is 16.9. The second-order valence-electron chi connectivity index (χ2n) is 7.22. The highest BCUT2D eigenvalue weighted by atomic mass is 19.4. The van der Waals surface area contributed by atoms with Gasteiger partial charge in [-0.25, -0.2) is 0 Å². The summed E-state index contributed by atoms with van der Waals surface area (Å²) >= 11 is 0. The van der Waals surface area contributed by atoms with E-state index in [1.165, 1.54) is 25.0 Å². The third kappa shape index (κ3) is 5.65. The molecule has 2 heterocycles. The van der Waals surface area contributed by atoms with E-state index in [2.05, 4.69) is 30.5 Å². The first-order valence-corrected chi connectivity index (χ1v) is 9.98. The quantitative estimate of drug-likeness (QED) is 0.560. The van der Waals surface area contributed by atoms with Gasteiger partial charge in [0, 0.05) is 36.1 Å². The Morgan fingerprint density at radius 2 is 1.62 bits per heavy atom. The van der Waals surface area contributed by atoms with Crippen LogP contribution in [0.4, 0.5) is 36.1 Å². The molecule has 1 aromatic heterocycles. The molecule has 0 radical (unpaired) electrons. The molecule has 0 aliphatic carbocycles. The maximum Gasteiger partial charge on any atom is 0.573 e. The van der Waals surface area contributed by atoms with Gasteiger partial charge >= 0.3 is 6.36 Å². The molecular formula is C22H20F3N5O2. The zero-order chi connectivity index (χ0) is 22.6. The van der Waals surface area contributed by atoms with E-state index in [1.54, 1.807) is 30.5 Å². The first-order chi connectivity index (χ1) is 15.4. The maximum absolute atomic E-state index is 12.3. The van der Waals surface area contributed by atoms with Crippen LogP contribution >= 0.6 is 0 Å². The number of carbonyl (C=O) groups excluding carboxylic acids is 1. The topological polar surface area (TPSA) is 79.4 Å². The van der Waals surface area contributed by atoms with E-state index >= 15 is 0 Å². The largest absolute Gasteiger partial charge is 0.573 e. The monoisotopic (exact) mass is 443 g/mol. The number of halogens is 3. The van der Waals surface area contributed by atoms with Gasteiger partial charge in [0.05, 0.1) is 11.9 Å². The summed E-state index contributed by atoms with van der Waals surface area (Å²) in [5.41, 5.74) is 2.53. The number of alkyl halides is 3. The normalized spacial score (nSPS) is 13.7. The Labute approximate surface area is 182 Å². The van der Waals surface area contributed by atoms with Gasteiger partial charge in [-0.15, -0.1) is 18.3 Å². The molecule has 0 atom stereocenters. The molecule has 0 bridgehead atoms. The van der Waals surface area contributed by atoms with Crippen LogP contribution in [0.3, 0.4) is 0 Å². The van der Waals surface area contributed by atoms with Crippen LogP contribution < -0.4 is 20.3 Å². The number of ether oxygens (including phenoxy) is 1. The SMILES string of the molecule is O=C(Nc1ccc(Nc2cc(N3CCCC3)cnn2)cc1)c1ccc(OC(F)(F)F)cc1. The highest BCUT2D eigenvalue weighted by Gasteiger charge is 2.31. The third-order valence-corrected chi connectivity index (χ3v) is 4.88. The lowest BCUT2D eigenvalue weighted by Gasteiger charge is -2.17. The maximum atomic E-state index is 12.3. The van der Waals surface area contributed by atoms with Gasteiger partial charge in [0.15, 0.2) is 5.82 Å². The molecule has 1 fully saturated rings. The van der Waals surface area contributed by atoms with Crippen LogP contribution in [0.1, 0.15) is 23.2 Å². The fraction of sp³-hybridized carbons (Fsp3) is 0.227. The van der Waals surface area contributed by atoms with Crippen LogP contribution in [-0.2, 0) is 0 Å². The third-order valence-electron chi connectivity index (χ3n) is 4.88. The van der Waals surface area contributed by atoms with Gasteiger partial charge in [-0.05, 0) is 61.4 Å². The second-order valence-corrected chi connectivity index (χ2v) is 7.22. The lowest BCUT2D eigenvalue weighted by atomic mass is 10.2. The molecule has 7 nitrogen and oxygen atoms in total. The molecule has 1 aliphatic heterocycles. The second kappa shape index (κ2) is 9.13. The molecule has 166 valence electrons. The minimum atomic E-state index is -4.78. The van der Waals surface area contributed by atoms with Gasteiger partial charge in [-0.2, -0.15) is 5.10 Å². The van der Waals surface area contributed by atoms with Crippen molar-refractivity contribution in [2.24, 2.45) is 0 Å². The minimum Gasteiger partial charge on any atom is -0.406 e. The number of benzene rings is 2. The lowest BCUT2D eigenvalue weighted by Crippen LogP contribution is -2.18. The van der Waals surface area contributed by atoms with Crippen molar-refractivity contribution in [3.63, 3.8) is 0 Å². The van der Waals surface area contributed by atoms with Crippen molar-refractivity contribution in [3.8, 4) is 5.75 Å². The fourth-order valence-corrected chi connectivity index (χ4v) is 3.36. The van der Waals surface area contributed by atoms with Crippen LogP contribution in [-0.4, -0.2) is 35.6 Å². The molecule has 0 spiro atoms. The number of hydrogen-bond donors (Lipinski definition) is 2. The number of aromatic nitrogens is 2. The number of amides is 1. The molecular weight excluding hydrogens is 423 g/mol. The molecule has 1 amide bonds. The van der Waals surface area contributed by atoms with Crippen molar-refractivity contribution >= 4 is 28.8 Å². The molecule has 3 aromatic rings. The summed E-state index contributed by atoms with van der Waals surface area (Å²) in [4.78, 5) is 14.6. The minimum absolute atomic E-state index is 0.204. The van der Waals surface area contributed by atoms with E-state index in [-0.39, 0.29) is 11.3 Å². The van der Waals surface area contributed by atoms with Gasteiger partial charge in [0.25, 0.3) is 5.91 Å². The van der Waals surface area contributed by atoms with E-state index in [4.69, 9.17) is 0 Å². The lowest BCUT2D eigenvalue weighted by molar-refractivity contribution is -0.274. The number of hydrogen-bond acceptors (Lipinski definition) is 6. The van der Waals surface area contributed by atoms with E-state index in [1.807, 2.05) is 6.07 Å². The highest BCUT2D eigenvalue weighted by molar-refractivity contribution is 6.04. The molecule has 2 aromatic carbocycles. The van der Waals surface area contributed by atoms with Gasteiger partial charge in [0.2, 0.25) is 0 Å². The van der Waals surface area contributed by atoms with E-state index in [0.717, 1.165) is 36.6 Å². The molecule has 1 saturated heterocycles. The Balaban J connectivity index is 1.35. The molecule has 0 saturated carbocycles. The molecule has 1 aliphatic rings. The summed E-state index contributed by atoms with van der Waals surface area (Å²) in [6, 6.07) is 13.6. The van der Waals surface area contributed by atoms with Gasteiger partial charge in [-0.3, -0.25) is 4.79 Å². The molecule has 2 N–H and O–H groups in total. The number of carbonyl (C=O) groups is 1. The van der Waals surface area contributed by atoms with Crippen LogP contribution in [0.5, 0.6) is 5.75 Å². The smallest absolute Gasteiger partial charge is 0.406 e. The Morgan fingerprint density at radius 1 is 0.969 bits per heavy atom. The van der Waals surface area contributed by atoms with Crippen molar-refractivity contribution in [1.82, 2.24) is 10.2 Å². The summed E-state index contributed by atoms with van der Waals surface area (Å²) in [5, 5.41) is 14.1. The van der Waals surface area contributed by atoms with Crippen LogP contribution in [0, 0.1) is 0 Å². The Hall–Kier alpha value is -3.82. The van der Waals surface area contributed by atoms with Gasteiger partial charge in [-0.1, -0.05) is 0 Å². The van der Waals surface area contributed by atoms with Crippen molar-refractivity contribution in [3.05, 3.63) is 66.4 Å². The summed E-state index contributed by atoms with van der Waals surface area (Å²) < 4.78 is 40.5. The predicted octanol–water partition coefficient (Wildman–Crippen LogP) is 4.97. The highest BCUT2D eigenvalue weighted by Crippen LogP contribution is 2.25.